The van der Waals surface area contributed by atoms with Gasteiger partial charge in [-0.2, -0.15) is 4.31 Å². The second kappa shape index (κ2) is 7.97. The average molecular weight is 439 g/mol. The molecule has 29 heavy (non-hydrogen) atoms. The molecule has 0 amide bonds. The number of sulfonamides is 2. The second-order valence-electron chi connectivity index (χ2n) is 7.16. The maximum Gasteiger partial charge on any atom is 0.261 e. The number of fused-ring (bicyclic) bond motifs is 1. The molecule has 0 unspecified atom stereocenters. The largest absolute Gasteiger partial charge is 0.496 e. The van der Waals surface area contributed by atoms with Gasteiger partial charge in [-0.25, -0.2) is 16.8 Å². The molecule has 9 heteroatoms. The molecule has 0 saturated heterocycles. The van der Waals surface area contributed by atoms with E-state index < -0.39 is 20.0 Å². The van der Waals surface area contributed by atoms with E-state index in [9.17, 15) is 16.8 Å². The van der Waals surface area contributed by atoms with Crippen LogP contribution in [-0.4, -0.2) is 40.5 Å². The molecule has 1 N–H and O–H groups in total. The fourth-order valence-corrected chi connectivity index (χ4v) is 5.91. The lowest BCUT2D eigenvalue weighted by atomic mass is 10.0. The molecule has 0 atom stereocenters. The van der Waals surface area contributed by atoms with Crippen molar-refractivity contribution in [1.29, 1.82) is 0 Å². The first kappa shape index (κ1) is 21.6. The highest BCUT2D eigenvalue weighted by molar-refractivity contribution is 7.92. The van der Waals surface area contributed by atoms with E-state index in [-0.39, 0.29) is 17.2 Å². The summed E-state index contributed by atoms with van der Waals surface area (Å²) in [4.78, 5) is 0.154. The van der Waals surface area contributed by atoms with E-state index in [1.165, 1.54) is 4.31 Å². The van der Waals surface area contributed by atoms with Crippen LogP contribution in [0.25, 0.3) is 0 Å². The summed E-state index contributed by atoms with van der Waals surface area (Å²) in [5.41, 5.74) is 3.73. The quantitative estimate of drug-likeness (QED) is 0.749. The lowest BCUT2D eigenvalue weighted by Gasteiger charge is -2.28. The lowest BCUT2D eigenvalue weighted by molar-refractivity contribution is 0.392. The average Bonchev–Trinajstić information content (AvgIpc) is 2.66. The molecule has 2 aromatic carbocycles. The van der Waals surface area contributed by atoms with Gasteiger partial charge in [-0.3, -0.25) is 4.72 Å². The number of benzene rings is 2. The van der Waals surface area contributed by atoms with Gasteiger partial charge in [0.05, 0.1) is 17.8 Å². The summed E-state index contributed by atoms with van der Waals surface area (Å²) < 4.78 is 59.5. The normalized spacial score (nSPS) is 15.0. The van der Waals surface area contributed by atoms with Gasteiger partial charge in [0.2, 0.25) is 10.0 Å². The first-order valence-electron chi connectivity index (χ1n) is 9.35. The molecular weight excluding hydrogens is 412 g/mol. The monoisotopic (exact) mass is 438 g/mol. The molecule has 0 fully saturated rings. The molecule has 0 aliphatic carbocycles. The van der Waals surface area contributed by atoms with Crippen LogP contribution in [0, 0.1) is 13.8 Å². The fraction of sp³-hybridized carbons (Fsp3) is 0.400. The van der Waals surface area contributed by atoms with Gasteiger partial charge in [0.25, 0.3) is 10.0 Å². The third-order valence-electron chi connectivity index (χ3n) is 5.14. The number of methoxy groups -OCH3 is 1. The minimum absolute atomic E-state index is 0.0465. The predicted molar refractivity (Wildman–Crippen MR) is 113 cm³/mol. The number of rotatable bonds is 6. The molecule has 7 nitrogen and oxygen atoms in total. The molecular formula is C20H26N2O5S2. The number of ether oxygens (including phenoxy) is 1. The first-order valence-corrected chi connectivity index (χ1v) is 12.4. The predicted octanol–water partition coefficient (Wildman–Crippen LogP) is 2.82. The van der Waals surface area contributed by atoms with E-state index in [0.717, 1.165) is 22.3 Å². The third kappa shape index (κ3) is 4.41. The van der Waals surface area contributed by atoms with Gasteiger partial charge in [0, 0.05) is 18.8 Å². The Bertz CT molecular complexity index is 1120. The van der Waals surface area contributed by atoms with Crippen molar-refractivity contribution in [3.8, 4) is 5.75 Å². The van der Waals surface area contributed by atoms with Gasteiger partial charge >= 0.3 is 0 Å². The maximum absolute atomic E-state index is 12.9. The maximum atomic E-state index is 12.9. The molecule has 1 aliphatic rings. The summed E-state index contributed by atoms with van der Waals surface area (Å²) in [5.74, 6) is 0.708. The standard InChI is InChI=1S/C20H26N2O5S2/c1-5-28(23,24)22-9-8-16-6-7-18(12-17(16)13-22)21-29(25,26)19-10-14(2)20(27-4)15(3)11-19/h6-7,10-12,21H,5,8-9,13H2,1-4H3. The zero-order chi connectivity index (χ0) is 21.4. The van der Waals surface area contributed by atoms with Crippen LogP contribution >= 0.6 is 0 Å². The van der Waals surface area contributed by atoms with E-state index in [2.05, 4.69) is 4.72 Å². The smallest absolute Gasteiger partial charge is 0.261 e. The Kier molecular flexibility index (Phi) is 5.93. The Morgan fingerprint density at radius 3 is 2.28 bits per heavy atom. The zero-order valence-corrected chi connectivity index (χ0v) is 18.7. The molecule has 3 rings (SSSR count). The highest BCUT2D eigenvalue weighted by atomic mass is 32.2. The van der Waals surface area contributed by atoms with Gasteiger partial charge in [0.15, 0.2) is 0 Å². The lowest BCUT2D eigenvalue weighted by Crippen LogP contribution is -2.36. The van der Waals surface area contributed by atoms with Crippen molar-refractivity contribution >= 4 is 25.7 Å². The van der Waals surface area contributed by atoms with Crippen LogP contribution in [0.1, 0.15) is 29.2 Å². The van der Waals surface area contributed by atoms with E-state index in [1.54, 1.807) is 52.1 Å². The third-order valence-corrected chi connectivity index (χ3v) is 8.33. The molecule has 0 aromatic heterocycles. The number of hydrogen-bond acceptors (Lipinski definition) is 5. The first-order chi connectivity index (χ1) is 13.6. The highest BCUT2D eigenvalue weighted by Crippen LogP contribution is 2.29. The van der Waals surface area contributed by atoms with Crippen LogP contribution in [-0.2, 0) is 33.0 Å². The Morgan fingerprint density at radius 2 is 1.69 bits per heavy atom. The topological polar surface area (TPSA) is 92.8 Å². The minimum Gasteiger partial charge on any atom is -0.496 e. The van der Waals surface area contributed by atoms with Crippen LogP contribution in [0.15, 0.2) is 35.2 Å². The molecule has 1 heterocycles. The fourth-order valence-electron chi connectivity index (χ4n) is 3.62. The van der Waals surface area contributed by atoms with Crippen molar-refractivity contribution in [2.75, 3.05) is 24.1 Å². The highest BCUT2D eigenvalue weighted by Gasteiger charge is 2.26. The summed E-state index contributed by atoms with van der Waals surface area (Å²) in [6.07, 6.45) is 0.610. The SMILES string of the molecule is CCS(=O)(=O)N1CCc2ccc(NS(=O)(=O)c3cc(C)c(OC)c(C)c3)cc2C1. The molecule has 1 aliphatic heterocycles. The van der Waals surface area contributed by atoms with E-state index in [0.29, 0.717) is 24.4 Å². The Labute approximate surface area is 172 Å². The van der Waals surface area contributed by atoms with Crippen molar-refractivity contribution in [3.05, 3.63) is 52.6 Å². The Hall–Kier alpha value is -2.10. The van der Waals surface area contributed by atoms with Crippen molar-refractivity contribution in [2.45, 2.75) is 38.6 Å². The summed E-state index contributed by atoms with van der Waals surface area (Å²) >= 11 is 0. The molecule has 158 valence electrons. The summed E-state index contributed by atoms with van der Waals surface area (Å²) in [6, 6.07) is 8.43. The molecule has 0 radical (unpaired) electrons. The summed E-state index contributed by atoms with van der Waals surface area (Å²) in [6.45, 7) is 5.91. The van der Waals surface area contributed by atoms with Crippen molar-refractivity contribution in [1.82, 2.24) is 4.31 Å². The van der Waals surface area contributed by atoms with Gasteiger partial charge in [-0.1, -0.05) is 6.07 Å². The number of hydrogen-bond donors (Lipinski definition) is 1. The molecule has 0 spiro atoms. The number of nitrogens with zero attached hydrogens (tertiary/aromatic N) is 1. The van der Waals surface area contributed by atoms with E-state index in [4.69, 9.17) is 4.74 Å². The molecule has 2 aromatic rings. The Balaban J connectivity index is 1.89. The van der Waals surface area contributed by atoms with Crippen LogP contribution < -0.4 is 9.46 Å². The Morgan fingerprint density at radius 1 is 1.03 bits per heavy atom. The summed E-state index contributed by atoms with van der Waals surface area (Å²) in [7, 11) is -5.53. The second-order valence-corrected chi connectivity index (χ2v) is 11.1. The molecule has 0 saturated carbocycles. The summed E-state index contributed by atoms with van der Waals surface area (Å²) in [5, 5.41) is 0. The minimum atomic E-state index is -3.79. The van der Waals surface area contributed by atoms with Crippen LogP contribution in [0.5, 0.6) is 5.75 Å². The van der Waals surface area contributed by atoms with Crippen LogP contribution in [0.3, 0.4) is 0 Å². The van der Waals surface area contributed by atoms with Crippen LogP contribution in [0.2, 0.25) is 0 Å². The van der Waals surface area contributed by atoms with Crippen molar-refractivity contribution in [3.63, 3.8) is 0 Å². The van der Waals surface area contributed by atoms with E-state index in [1.807, 2.05) is 6.07 Å². The number of anilines is 1. The van der Waals surface area contributed by atoms with Gasteiger partial charge < -0.3 is 4.74 Å². The van der Waals surface area contributed by atoms with Gasteiger partial charge in [0.1, 0.15) is 5.75 Å². The number of nitrogens with one attached hydrogen (secondary N) is 1. The van der Waals surface area contributed by atoms with Gasteiger partial charge in [-0.15, -0.1) is 0 Å². The van der Waals surface area contributed by atoms with Gasteiger partial charge in [-0.05, 0) is 73.7 Å². The molecule has 0 bridgehead atoms. The zero-order valence-electron chi connectivity index (χ0n) is 17.0. The number of aryl methyl sites for hydroxylation is 2. The van der Waals surface area contributed by atoms with Crippen LogP contribution in [0.4, 0.5) is 5.69 Å². The van der Waals surface area contributed by atoms with Crippen molar-refractivity contribution in [2.24, 2.45) is 0 Å². The van der Waals surface area contributed by atoms with Crippen molar-refractivity contribution < 1.29 is 21.6 Å². The van der Waals surface area contributed by atoms with E-state index >= 15 is 0 Å².